The van der Waals surface area contributed by atoms with Crippen LogP contribution in [0.3, 0.4) is 0 Å². The van der Waals surface area contributed by atoms with Crippen molar-refractivity contribution in [3.8, 4) is 11.8 Å². The summed E-state index contributed by atoms with van der Waals surface area (Å²) in [7, 11) is -3.01. The van der Waals surface area contributed by atoms with E-state index in [2.05, 4.69) is 4.98 Å². The van der Waals surface area contributed by atoms with E-state index in [-0.39, 0.29) is 18.1 Å². The van der Waals surface area contributed by atoms with Gasteiger partial charge in [0.15, 0.2) is 14.8 Å². The molecule has 0 saturated carbocycles. The number of hydrogen-bond acceptors (Lipinski definition) is 6. The second-order valence-electron chi connectivity index (χ2n) is 3.85. The number of ether oxygens (including phenoxy) is 1. The average Bonchev–Trinajstić information content (AvgIpc) is 2.81. The van der Waals surface area contributed by atoms with Crippen LogP contribution in [0.15, 0.2) is 18.2 Å². The maximum atomic E-state index is 11.3. The molecule has 0 aliphatic heterocycles. The van der Waals surface area contributed by atoms with Crippen LogP contribution in [0, 0.1) is 11.3 Å². The molecule has 0 amide bonds. The standard InChI is InChI=1S/C12H12N2O3S2/c1-2-19(15,16)6-5-17-9-3-4-10-11(7-9)18-12(8-13)14-10/h3-4,7H,2,5-6H2,1H3. The molecule has 0 unspecified atom stereocenters. The van der Waals surface area contributed by atoms with Crippen molar-refractivity contribution in [3.05, 3.63) is 23.2 Å². The van der Waals surface area contributed by atoms with E-state index in [0.717, 1.165) is 10.2 Å². The molecule has 100 valence electrons. The molecule has 0 atom stereocenters. The Balaban J connectivity index is 2.08. The van der Waals surface area contributed by atoms with E-state index in [0.29, 0.717) is 10.8 Å². The minimum Gasteiger partial charge on any atom is -0.492 e. The first-order valence-corrected chi connectivity index (χ1v) is 8.32. The van der Waals surface area contributed by atoms with Crippen LogP contribution in [0.25, 0.3) is 10.2 Å². The monoisotopic (exact) mass is 296 g/mol. The molecule has 0 N–H and O–H groups in total. The number of nitriles is 1. The van der Waals surface area contributed by atoms with Crippen LogP contribution in [0.2, 0.25) is 0 Å². The van der Waals surface area contributed by atoms with E-state index in [4.69, 9.17) is 10.00 Å². The normalized spacial score (nSPS) is 11.4. The fourth-order valence-electron chi connectivity index (χ4n) is 1.47. The van der Waals surface area contributed by atoms with Crippen molar-refractivity contribution < 1.29 is 13.2 Å². The van der Waals surface area contributed by atoms with Crippen LogP contribution in [-0.2, 0) is 9.84 Å². The Morgan fingerprint density at radius 1 is 1.47 bits per heavy atom. The third-order valence-corrected chi connectivity index (χ3v) is 5.15. The first-order chi connectivity index (χ1) is 9.04. The highest BCUT2D eigenvalue weighted by Gasteiger charge is 2.08. The summed E-state index contributed by atoms with van der Waals surface area (Å²) in [6, 6.07) is 7.25. The number of aromatic nitrogens is 1. The molecule has 0 radical (unpaired) electrons. The quantitative estimate of drug-likeness (QED) is 0.843. The summed E-state index contributed by atoms with van der Waals surface area (Å²) in [5.41, 5.74) is 0.745. The predicted octanol–water partition coefficient (Wildman–Crippen LogP) is 1.98. The number of hydrogen-bond donors (Lipinski definition) is 0. The van der Waals surface area contributed by atoms with Gasteiger partial charge in [0.2, 0.25) is 0 Å². The number of nitrogens with zero attached hydrogens (tertiary/aromatic N) is 2. The topological polar surface area (TPSA) is 80.1 Å². The minimum absolute atomic E-state index is 0.00761. The molecule has 1 heterocycles. The third kappa shape index (κ3) is 3.43. The van der Waals surface area contributed by atoms with Crippen LogP contribution < -0.4 is 4.74 Å². The average molecular weight is 296 g/mol. The van der Waals surface area contributed by atoms with Crippen molar-refractivity contribution in [3.63, 3.8) is 0 Å². The lowest BCUT2D eigenvalue weighted by atomic mass is 10.3. The summed E-state index contributed by atoms with van der Waals surface area (Å²) < 4.78 is 28.9. The van der Waals surface area contributed by atoms with Gasteiger partial charge in [0.1, 0.15) is 18.4 Å². The van der Waals surface area contributed by atoms with Gasteiger partial charge in [-0.05, 0) is 18.2 Å². The number of sulfone groups is 1. The SMILES string of the molecule is CCS(=O)(=O)CCOc1ccc2nc(C#N)sc2c1. The molecule has 2 aromatic rings. The van der Waals surface area contributed by atoms with Gasteiger partial charge < -0.3 is 4.74 Å². The molecule has 1 aromatic carbocycles. The zero-order chi connectivity index (χ0) is 13.9. The second kappa shape index (κ2) is 5.55. The van der Waals surface area contributed by atoms with Crippen LogP contribution in [0.5, 0.6) is 5.75 Å². The summed E-state index contributed by atoms with van der Waals surface area (Å²) in [6.45, 7) is 1.74. The molecule has 1 aromatic heterocycles. The Morgan fingerprint density at radius 2 is 2.26 bits per heavy atom. The fraction of sp³-hybridized carbons (Fsp3) is 0.333. The second-order valence-corrected chi connectivity index (χ2v) is 7.35. The molecule has 7 heteroatoms. The molecule has 2 rings (SSSR count). The van der Waals surface area contributed by atoms with Gasteiger partial charge in [0.25, 0.3) is 0 Å². The summed E-state index contributed by atoms with van der Waals surface area (Å²) in [5.74, 6) is 0.718. The number of benzene rings is 1. The van der Waals surface area contributed by atoms with Gasteiger partial charge in [-0.1, -0.05) is 6.92 Å². The van der Waals surface area contributed by atoms with E-state index >= 15 is 0 Å². The van der Waals surface area contributed by atoms with Gasteiger partial charge >= 0.3 is 0 Å². The minimum atomic E-state index is -3.01. The van der Waals surface area contributed by atoms with Crippen LogP contribution >= 0.6 is 11.3 Å². The first-order valence-electron chi connectivity index (χ1n) is 5.68. The molecule has 0 aliphatic rings. The molecule has 5 nitrogen and oxygen atoms in total. The maximum absolute atomic E-state index is 11.3. The van der Waals surface area contributed by atoms with E-state index in [1.807, 2.05) is 6.07 Å². The molecular formula is C12H12N2O3S2. The van der Waals surface area contributed by atoms with Crippen LogP contribution in [0.4, 0.5) is 0 Å². The lowest BCUT2D eigenvalue weighted by molar-refractivity contribution is 0.341. The maximum Gasteiger partial charge on any atom is 0.195 e. The van der Waals surface area contributed by atoms with Gasteiger partial charge in [-0.2, -0.15) is 5.26 Å². The number of thiazole rings is 1. The highest BCUT2D eigenvalue weighted by atomic mass is 32.2. The summed E-state index contributed by atoms with van der Waals surface area (Å²) in [5, 5.41) is 9.17. The lowest BCUT2D eigenvalue weighted by Gasteiger charge is -2.05. The Bertz CT molecular complexity index is 729. The van der Waals surface area contributed by atoms with E-state index in [1.54, 1.807) is 25.1 Å². The van der Waals surface area contributed by atoms with Crippen molar-refractivity contribution in [1.29, 1.82) is 5.26 Å². The Morgan fingerprint density at radius 3 is 2.95 bits per heavy atom. The molecule has 0 fully saturated rings. The smallest absolute Gasteiger partial charge is 0.195 e. The van der Waals surface area contributed by atoms with Crippen LogP contribution in [0.1, 0.15) is 11.9 Å². The highest BCUT2D eigenvalue weighted by molar-refractivity contribution is 7.91. The van der Waals surface area contributed by atoms with Crippen molar-refractivity contribution in [2.75, 3.05) is 18.1 Å². The van der Waals surface area contributed by atoms with Crippen molar-refractivity contribution >= 4 is 31.4 Å². The Labute approximate surface area is 115 Å². The first kappa shape index (κ1) is 13.8. The van der Waals surface area contributed by atoms with Gasteiger partial charge in [0.05, 0.1) is 16.0 Å². The summed E-state index contributed by atoms with van der Waals surface area (Å²) >= 11 is 1.28. The number of fused-ring (bicyclic) bond motifs is 1. The predicted molar refractivity (Wildman–Crippen MR) is 74.2 cm³/mol. The molecule has 0 saturated heterocycles. The summed E-state index contributed by atoms with van der Waals surface area (Å²) in [4.78, 5) is 4.11. The molecular weight excluding hydrogens is 284 g/mol. The molecule has 0 aliphatic carbocycles. The largest absolute Gasteiger partial charge is 0.492 e. The van der Waals surface area contributed by atoms with E-state index < -0.39 is 9.84 Å². The van der Waals surface area contributed by atoms with Gasteiger partial charge in [-0.25, -0.2) is 13.4 Å². The molecule has 19 heavy (non-hydrogen) atoms. The zero-order valence-electron chi connectivity index (χ0n) is 10.3. The third-order valence-electron chi connectivity index (χ3n) is 2.56. The molecule has 0 bridgehead atoms. The van der Waals surface area contributed by atoms with Crippen molar-refractivity contribution in [2.24, 2.45) is 0 Å². The van der Waals surface area contributed by atoms with Crippen molar-refractivity contribution in [2.45, 2.75) is 6.92 Å². The highest BCUT2D eigenvalue weighted by Crippen LogP contribution is 2.25. The van der Waals surface area contributed by atoms with Gasteiger partial charge in [-0.15, -0.1) is 11.3 Å². The lowest BCUT2D eigenvalue weighted by Crippen LogP contribution is -2.15. The van der Waals surface area contributed by atoms with Gasteiger partial charge in [0, 0.05) is 5.75 Å². The zero-order valence-corrected chi connectivity index (χ0v) is 11.9. The summed E-state index contributed by atoms with van der Waals surface area (Å²) in [6.07, 6.45) is 0. The van der Waals surface area contributed by atoms with Crippen molar-refractivity contribution in [1.82, 2.24) is 4.98 Å². The van der Waals surface area contributed by atoms with Gasteiger partial charge in [-0.3, -0.25) is 0 Å². The Kier molecular flexibility index (Phi) is 4.02. The molecule has 0 spiro atoms. The number of rotatable bonds is 5. The van der Waals surface area contributed by atoms with Crippen LogP contribution in [-0.4, -0.2) is 31.5 Å². The fourth-order valence-corrected chi connectivity index (χ4v) is 2.89. The van der Waals surface area contributed by atoms with E-state index in [9.17, 15) is 8.42 Å². The van der Waals surface area contributed by atoms with E-state index in [1.165, 1.54) is 11.3 Å². The Hall–Kier alpha value is -1.65.